The Morgan fingerprint density at radius 2 is 1.90 bits per heavy atom. The van der Waals surface area contributed by atoms with Crippen LogP contribution in [0.2, 0.25) is 0 Å². The number of imide groups is 1. The zero-order valence-electron chi connectivity index (χ0n) is 15.8. The monoisotopic (exact) mass is 466 g/mol. The van der Waals surface area contributed by atoms with Gasteiger partial charge in [-0.05, 0) is 37.3 Å². The number of hydrogen-bond acceptors (Lipinski definition) is 8. The summed E-state index contributed by atoms with van der Waals surface area (Å²) in [6, 6.07) is 13.0. The summed E-state index contributed by atoms with van der Waals surface area (Å²) in [5.41, 5.74) is 2.41. The average molecular weight is 467 g/mol. The van der Waals surface area contributed by atoms with Gasteiger partial charge in [-0.1, -0.05) is 50.1 Å². The molecular formula is C20H15BrN6O3. The van der Waals surface area contributed by atoms with Crippen molar-refractivity contribution in [3.8, 4) is 11.4 Å². The number of fused-ring (bicyclic) bond motifs is 1. The normalized spacial score (nSPS) is 20.3. The summed E-state index contributed by atoms with van der Waals surface area (Å²) >= 11 is 3.35. The summed E-state index contributed by atoms with van der Waals surface area (Å²) in [7, 11) is 0. The zero-order chi connectivity index (χ0) is 20.8. The summed E-state index contributed by atoms with van der Waals surface area (Å²) in [6.07, 6.45) is 0. The number of hydrogen-bond donors (Lipinski definition) is 0. The molecule has 0 bridgehead atoms. The molecule has 3 aromatic rings. The Morgan fingerprint density at radius 3 is 2.67 bits per heavy atom. The predicted molar refractivity (Wildman–Crippen MR) is 109 cm³/mol. The molecule has 2 aliphatic rings. The van der Waals surface area contributed by atoms with Crippen molar-refractivity contribution >= 4 is 33.4 Å². The number of aryl methyl sites for hydroxylation is 1. The molecule has 0 unspecified atom stereocenters. The fraction of sp³-hybridized carbons (Fsp3) is 0.200. The van der Waals surface area contributed by atoms with Crippen molar-refractivity contribution < 1.29 is 14.1 Å². The minimum absolute atomic E-state index is 0.0800. The third kappa shape index (κ3) is 3.09. The van der Waals surface area contributed by atoms with Crippen molar-refractivity contribution in [1.29, 1.82) is 0 Å². The molecule has 150 valence electrons. The number of anilines is 1. The predicted octanol–water partition coefficient (Wildman–Crippen LogP) is 3.30. The number of amides is 2. The maximum atomic E-state index is 13.0. The van der Waals surface area contributed by atoms with Crippen LogP contribution in [-0.2, 0) is 16.1 Å². The highest BCUT2D eigenvalue weighted by Crippen LogP contribution is 2.33. The summed E-state index contributed by atoms with van der Waals surface area (Å²) in [6.45, 7) is 2.06. The van der Waals surface area contributed by atoms with Gasteiger partial charge in [-0.25, -0.2) is 4.90 Å². The van der Waals surface area contributed by atoms with Crippen molar-refractivity contribution in [2.45, 2.75) is 25.6 Å². The van der Waals surface area contributed by atoms with Crippen LogP contribution in [0.25, 0.3) is 11.4 Å². The molecule has 1 fully saturated rings. The summed E-state index contributed by atoms with van der Waals surface area (Å²) in [4.78, 5) is 31.3. The van der Waals surface area contributed by atoms with E-state index in [0.717, 1.165) is 20.5 Å². The van der Waals surface area contributed by atoms with Crippen LogP contribution in [-0.4, -0.2) is 39.0 Å². The molecule has 2 aliphatic heterocycles. The van der Waals surface area contributed by atoms with E-state index in [4.69, 9.17) is 4.52 Å². The van der Waals surface area contributed by atoms with Crippen LogP contribution >= 0.6 is 15.9 Å². The number of nitrogens with zero attached hydrogens (tertiary/aromatic N) is 6. The van der Waals surface area contributed by atoms with E-state index in [1.165, 1.54) is 5.01 Å². The lowest BCUT2D eigenvalue weighted by Crippen LogP contribution is -2.39. The lowest BCUT2D eigenvalue weighted by molar-refractivity contribution is -0.123. The van der Waals surface area contributed by atoms with Gasteiger partial charge in [0, 0.05) is 10.0 Å². The Bertz CT molecular complexity index is 1180. The molecule has 30 heavy (non-hydrogen) atoms. The van der Waals surface area contributed by atoms with Gasteiger partial charge in [0.1, 0.15) is 6.54 Å². The van der Waals surface area contributed by atoms with E-state index in [-0.39, 0.29) is 18.3 Å². The van der Waals surface area contributed by atoms with Crippen molar-refractivity contribution in [1.82, 2.24) is 15.1 Å². The number of carbonyl (C=O) groups is 2. The van der Waals surface area contributed by atoms with Gasteiger partial charge < -0.3 is 4.52 Å². The van der Waals surface area contributed by atoms with Gasteiger partial charge in [0.05, 0.1) is 5.69 Å². The van der Waals surface area contributed by atoms with E-state index in [9.17, 15) is 9.59 Å². The highest BCUT2D eigenvalue weighted by Gasteiger charge is 2.55. The largest absolute Gasteiger partial charge is 0.337 e. The smallest absolute Gasteiger partial charge is 0.263 e. The van der Waals surface area contributed by atoms with Crippen LogP contribution in [0, 0.1) is 6.92 Å². The van der Waals surface area contributed by atoms with Crippen molar-refractivity contribution in [2.24, 2.45) is 10.3 Å². The SMILES string of the molecule is Cc1cccc(-c2noc(CN3N=N[C@@H]4C(=O)N(c5ccc(Br)cc5)C(=O)[C@@H]43)n2)c1. The molecule has 0 radical (unpaired) electrons. The van der Waals surface area contributed by atoms with E-state index in [2.05, 4.69) is 36.4 Å². The Balaban J connectivity index is 1.36. The van der Waals surface area contributed by atoms with Gasteiger partial charge in [0.15, 0.2) is 12.1 Å². The molecule has 10 heteroatoms. The lowest BCUT2D eigenvalue weighted by atomic mass is 10.1. The van der Waals surface area contributed by atoms with Gasteiger partial charge in [0.2, 0.25) is 11.7 Å². The molecule has 2 aromatic carbocycles. The van der Waals surface area contributed by atoms with Crippen LogP contribution in [0.15, 0.2) is 67.9 Å². The van der Waals surface area contributed by atoms with E-state index in [0.29, 0.717) is 11.5 Å². The maximum Gasteiger partial charge on any atom is 0.263 e. The first-order chi connectivity index (χ1) is 14.5. The van der Waals surface area contributed by atoms with Gasteiger partial charge in [-0.2, -0.15) is 10.1 Å². The zero-order valence-corrected chi connectivity index (χ0v) is 17.4. The third-order valence-corrected chi connectivity index (χ3v) is 5.51. The molecule has 1 saturated heterocycles. The molecule has 5 rings (SSSR count). The molecule has 0 spiro atoms. The highest BCUT2D eigenvalue weighted by molar-refractivity contribution is 9.10. The lowest BCUT2D eigenvalue weighted by Gasteiger charge is -2.19. The van der Waals surface area contributed by atoms with Crippen molar-refractivity contribution in [2.75, 3.05) is 4.90 Å². The molecule has 2 amide bonds. The van der Waals surface area contributed by atoms with Gasteiger partial charge in [0.25, 0.3) is 11.8 Å². The molecular weight excluding hydrogens is 452 g/mol. The maximum absolute atomic E-state index is 13.0. The van der Waals surface area contributed by atoms with E-state index in [1.54, 1.807) is 24.3 Å². The first-order valence-corrected chi connectivity index (χ1v) is 10.0. The number of rotatable bonds is 4. The Hall–Kier alpha value is -3.40. The first-order valence-electron chi connectivity index (χ1n) is 9.22. The minimum Gasteiger partial charge on any atom is -0.337 e. The Labute approximate surface area is 179 Å². The topological polar surface area (TPSA) is 104 Å². The minimum atomic E-state index is -0.875. The number of halogens is 1. The molecule has 3 heterocycles. The summed E-state index contributed by atoms with van der Waals surface area (Å²) in [5.74, 6) is -0.0413. The molecule has 0 N–H and O–H groups in total. The van der Waals surface area contributed by atoms with Gasteiger partial charge in [-0.15, -0.1) is 0 Å². The number of aromatic nitrogens is 2. The first kappa shape index (κ1) is 18.6. The van der Waals surface area contributed by atoms with Crippen LogP contribution < -0.4 is 4.90 Å². The van der Waals surface area contributed by atoms with Crippen LogP contribution in [0.3, 0.4) is 0 Å². The van der Waals surface area contributed by atoms with Gasteiger partial charge >= 0.3 is 0 Å². The van der Waals surface area contributed by atoms with E-state index < -0.39 is 18.0 Å². The van der Waals surface area contributed by atoms with E-state index in [1.807, 2.05) is 31.2 Å². The Morgan fingerprint density at radius 1 is 1.10 bits per heavy atom. The average Bonchev–Trinajstić information content (AvgIpc) is 3.42. The second-order valence-corrected chi connectivity index (χ2v) is 7.98. The molecule has 0 aliphatic carbocycles. The quantitative estimate of drug-likeness (QED) is 0.546. The number of carbonyl (C=O) groups excluding carboxylic acids is 2. The second kappa shape index (κ2) is 7.13. The fourth-order valence-corrected chi connectivity index (χ4v) is 3.82. The van der Waals surface area contributed by atoms with Crippen molar-refractivity contribution in [3.05, 3.63) is 64.5 Å². The molecule has 1 aromatic heterocycles. The number of benzene rings is 2. The van der Waals surface area contributed by atoms with E-state index >= 15 is 0 Å². The molecule has 9 nitrogen and oxygen atoms in total. The fourth-order valence-electron chi connectivity index (χ4n) is 3.56. The molecule has 2 atom stereocenters. The van der Waals surface area contributed by atoms with Crippen LogP contribution in [0.4, 0.5) is 5.69 Å². The highest BCUT2D eigenvalue weighted by atomic mass is 79.9. The summed E-state index contributed by atoms with van der Waals surface area (Å²) in [5, 5.41) is 13.5. The Kier molecular flexibility index (Phi) is 4.43. The second-order valence-electron chi connectivity index (χ2n) is 7.06. The summed E-state index contributed by atoms with van der Waals surface area (Å²) < 4.78 is 6.19. The van der Waals surface area contributed by atoms with Crippen LogP contribution in [0.5, 0.6) is 0 Å². The van der Waals surface area contributed by atoms with Crippen LogP contribution in [0.1, 0.15) is 11.5 Å². The van der Waals surface area contributed by atoms with Gasteiger partial charge in [-0.3, -0.25) is 14.6 Å². The molecule has 0 saturated carbocycles. The van der Waals surface area contributed by atoms with Crippen molar-refractivity contribution in [3.63, 3.8) is 0 Å². The third-order valence-electron chi connectivity index (χ3n) is 4.98. The standard InChI is InChI=1S/C20H15BrN6O3/c1-11-3-2-4-12(9-11)18-22-15(30-24-18)10-26-17-16(23-25-26)19(28)27(20(17)29)14-7-5-13(21)6-8-14/h2-9,16-17H,10H2,1H3/t16-,17+/m0/s1.